The maximum absolute atomic E-state index is 5.94. The molecule has 1 aliphatic heterocycles. The lowest BCUT2D eigenvalue weighted by molar-refractivity contribution is 0.265. The smallest absolute Gasteiger partial charge is 0.0559 e. The van der Waals surface area contributed by atoms with Gasteiger partial charge in [0.25, 0.3) is 0 Å². The van der Waals surface area contributed by atoms with Gasteiger partial charge >= 0.3 is 0 Å². The second kappa shape index (κ2) is 4.64. The Morgan fingerprint density at radius 3 is 2.87 bits per heavy atom. The molecule has 3 N–H and O–H groups in total. The zero-order valence-corrected chi connectivity index (χ0v) is 10.4. The molecule has 0 saturated carbocycles. The molecular weight excluding hydrogens is 252 g/mol. The van der Waals surface area contributed by atoms with Gasteiger partial charge in [-0.2, -0.15) is 0 Å². The maximum Gasteiger partial charge on any atom is 0.0559 e. The molecule has 2 rings (SSSR count). The van der Waals surface area contributed by atoms with E-state index in [4.69, 9.17) is 5.73 Å². The normalized spacial score (nSPS) is 26.5. The molecule has 0 spiro atoms. The number of nitrogens with two attached hydrogens (primary N) is 1. The Balaban J connectivity index is 2.32. The number of hydrogen-bond donors (Lipinski definition) is 2. The molecule has 1 atom stereocenters. The van der Waals surface area contributed by atoms with Gasteiger partial charge in [0, 0.05) is 11.0 Å². The van der Waals surface area contributed by atoms with Crippen molar-refractivity contribution in [2.24, 2.45) is 5.73 Å². The van der Waals surface area contributed by atoms with Crippen LogP contribution in [0.25, 0.3) is 0 Å². The van der Waals surface area contributed by atoms with Gasteiger partial charge in [-0.15, -0.1) is 0 Å². The first-order valence-electron chi connectivity index (χ1n) is 5.48. The standard InChI is InChI=1S/C12H17BrN2/c13-11-5-3-4-10(8-11)12(9-14)6-1-2-7-15-12/h3-5,8,15H,1-2,6-7,9,14H2. The van der Waals surface area contributed by atoms with Crippen molar-refractivity contribution in [1.29, 1.82) is 0 Å². The molecule has 1 fully saturated rings. The fourth-order valence-electron chi connectivity index (χ4n) is 2.29. The molecule has 1 aliphatic rings. The topological polar surface area (TPSA) is 38.0 Å². The van der Waals surface area contributed by atoms with Gasteiger partial charge in [-0.25, -0.2) is 0 Å². The third-order valence-corrected chi connectivity index (χ3v) is 3.71. The summed E-state index contributed by atoms with van der Waals surface area (Å²) in [6, 6.07) is 8.46. The number of nitrogens with one attached hydrogen (secondary N) is 1. The average molecular weight is 269 g/mol. The van der Waals surface area contributed by atoms with Crippen molar-refractivity contribution in [3.63, 3.8) is 0 Å². The predicted octanol–water partition coefficient (Wildman–Crippen LogP) is 2.38. The van der Waals surface area contributed by atoms with Crippen LogP contribution in [0.4, 0.5) is 0 Å². The second-order valence-electron chi connectivity index (χ2n) is 4.18. The molecule has 1 saturated heterocycles. The van der Waals surface area contributed by atoms with E-state index in [-0.39, 0.29) is 5.54 Å². The molecule has 0 aromatic heterocycles. The Hall–Kier alpha value is -0.380. The molecule has 0 radical (unpaired) electrons. The monoisotopic (exact) mass is 268 g/mol. The van der Waals surface area contributed by atoms with Crippen LogP contribution in [0.2, 0.25) is 0 Å². The highest BCUT2D eigenvalue weighted by Crippen LogP contribution is 2.30. The summed E-state index contributed by atoms with van der Waals surface area (Å²) in [6.45, 7) is 1.74. The maximum atomic E-state index is 5.94. The quantitative estimate of drug-likeness (QED) is 0.865. The van der Waals surface area contributed by atoms with Gasteiger partial charge in [-0.3, -0.25) is 0 Å². The van der Waals surface area contributed by atoms with Crippen molar-refractivity contribution in [1.82, 2.24) is 5.32 Å². The van der Waals surface area contributed by atoms with Gasteiger partial charge in [-0.05, 0) is 43.5 Å². The lowest BCUT2D eigenvalue weighted by atomic mass is 9.82. The van der Waals surface area contributed by atoms with E-state index in [2.05, 4.69) is 45.5 Å². The van der Waals surface area contributed by atoms with Crippen LogP contribution in [0.5, 0.6) is 0 Å². The van der Waals surface area contributed by atoms with E-state index in [0.29, 0.717) is 6.54 Å². The highest BCUT2D eigenvalue weighted by atomic mass is 79.9. The molecule has 1 unspecified atom stereocenters. The fraction of sp³-hybridized carbons (Fsp3) is 0.500. The minimum atomic E-state index is 0.00201. The summed E-state index contributed by atoms with van der Waals surface area (Å²) in [5.74, 6) is 0. The second-order valence-corrected chi connectivity index (χ2v) is 5.10. The van der Waals surface area contributed by atoms with E-state index in [9.17, 15) is 0 Å². The summed E-state index contributed by atoms with van der Waals surface area (Å²) >= 11 is 3.51. The van der Waals surface area contributed by atoms with Crippen LogP contribution >= 0.6 is 15.9 Å². The number of halogens is 1. The zero-order valence-electron chi connectivity index (χ0n) is 8.80. The van der Waals surface area contributed by atoms with Crippen LogP contribution < -0.4 is 11.1 Å². The molecule has 15 heavy (non-hydrogen) atoms. The highest BCUT2D eigenvalue weighted by molar-refractivity contribution is 9.10. The first-order chi connectivity index (χ1) is 7.27. The van der Waals surface area contributed by atoms with E-state index >= 15 is 0 Å². The van der Waals surface area contributed by atoms with E-state index < -0.39 is 0 Å². The minimum absolute atomic E-state index is 0.00201. The Bertz CT molecular complexity index is 332. The lowest BCUT2D eigenvalue weighted by Gasteiger charge is -2.38. The first kappa shape index (κ1) is 11.1. The summed E-state index contributed by atoms with van der Waals surface area (Å²) in [7, 11) is 0. The number of hydrogen-bond acceptors (Lipinski definition) is 2. The molecule has 1 aromatic rings. The molecule has 1 aromatic carbocycles. The molecule has 82 valence electrons. The van der Waals surface area contributed by atoms with Crippen LogP contribution in [-0.4, -0.2) is 13.1 Å². The zero-order chi connectivity index (χ0) is 10.7. The van der Waals surface area contributed by atoms with Crippen molar-refractivity contribution in [2.75, 3.05) is 13.1 Å². The summed E-state index contributed by atoms with van der Waals surface area (Å²) in [6.07, 6.45) is 3.66. The van der Waals surface area contributed by atoms with Gasteiger partial charge in [0.05, 0.1) is 5.54 Å². The lowest BCUT2D eigenvalue weighted by Crippen LogP contribution is -2.51. The van der Waals surface area contributed by atoms with Crippen LogP contribution in [0, 0.1) is 0 Å². The van der Waals surface area contributed by atoms with Crippen LogP contribution in [0.15, 0.2) is 28.7 Å². The van der Waals surface area contributed by atoms with E-state index in [0.717, 1.165) is 17.4 Å². The van der Waals surface area contributed by atoms with E-state index in [1.165, 1.54) is 18.4 Å². The van der Waals surface area contributed by atoms with E-state index in [1.807, 2.05) is 0 Å². The first-order valence-corrected chi connectivity index (χ1v) is 6.27. The third-order valence-electron chi connectivity index (χ3n) is 3.22. The van der Waals surface area contributed by atoms with E-state index in [1.54, 1.807) is 0 Å². The highest BCUT2D eigenvalue weighted by Gasteiger charge is 2.31. The van der Waals surface area contributed by atoms with Crippen molar-refractivity contribution in [3.8, 4) is 0 Å². The molecule has 3 heteroatoms. The van der Waals surface area contributed by atoms with Gasteiger partial charge in [0.1, 0.15) is 0 Å². The molecule has 1 heterocycles. The largest absolute Gasteiger partial charge is 0.328 e. The summed E-state index contributed by atoms with van der Waals surface area (Å²) in [4.78, 5) is 0. The van der Waals surface area contributed by atoms with Crippen molar-refractivity contribution in [3.05, 3.63) is 34.3 Å². The van der Waals surface area contributed by atoms with Gasteiger partial charge in [-0.1, -0.05) is 28.1 Å². The molecule has 0 amide bonds. The Labute approximate surface area is 99.4 Å². The van der Waals surface area contributed by atoms with Crippen molar-refractivity contribution >= 4 is 15.9 Å². The Morgan fingerprint density at radius 2 is 2.27 bits per heavy atom. The summed E-state index contributed by atoms with van der Waals surface area (Å²) in [5.41, 5.74) is 7.25. The molecular formula is C12H17BrN2. The average Bonchev–Trinajstić information content (AvgIpc) is 2.30. The minimum Gasteiger partial charge on any atom is -0.328 e. The molecule has 0 aliphatic carbocycles. The van der Waals surface area contributed by atoms with Gasteiger partial charge in [0.15, 0.2) is 0 Å². The summed E-state index contributed by atoms with van der Waals surface area (Å²) < 4.78 is 1.13. The van der Waals surface area contributed by atoms with Crippen LogP contribution in [0.3, 0.4) is 0 Å². The van der Waals surface area contributed by atoms with Crippen LogP contribution in [0.1, 0.15) is 24.8 Å². The molecule has 2 nitrogen and oxygen atoms in total. The SMILES string of the molecule is NCC1(c2cccc(Br)c2)CCCCN1. The predicted molar refractivity (Wildman–Crippen MR) is 66.7 cm³/mol. The Morgan fingerprint density at radius 1 is 1.40 bits per heavy atom. The number of rotatable bonds is 2. The van der Waals surface area contributed by atoms with Crippen molar-refractivity contribution in [2.45, 2.75) is 24.8 Å². The number of piperidine rings is 1. The summed E-state index contributed by atoms with van der Waals surface area (Å²) in [5, 5.41) is 3.58. The van der Waals surface area contributed by atoms with Gasteiger partial charge < -0.3 is 11.1 Å². The van der Waals surface area contributed by atoms with Crippen molar-refractivity contribution < 1.29 is 0 Å². The Kier molecular flexibility index (Phi) is 3.44. The van der Waals surface area contributed by atoms with Gasteiger partial charge in [0.2, 0.25) is 0 Å². The third kappa shape index (κ3) is 2.25. The fourth-order valence-corrected chi connectivity index (χ4v) is 2.69. The number of benzene rings is 1. The van der Waals surface area contributed by atoms with Crippen LogP contribution in [-0.2, 0) is 5.54 Å². The molecule has 0 bridgehead atoms.